The third-order valence-electron chi connectivity index (χ3n) is 6.67. The summed E-state index contributed by atoms with van der Waals surface area (Å²) < 4.78 is 80.2. The molecule has 1 aliphatic carbocycles. The lowest BCUT2D eigenvalue weighted by Gasteiger charge is -2.30. The lowest BCUT2D eigenvalue weighted by Crippen LogP contribution is -2.36. The van der Waals surface area contributed by atoms with Gasteiger partial charge in [0, 0.05) is 42.1 Å². The number of carbonyl (C=O) groups is 1. The van der Waals surface area contributed by atoms with Crippen molar-refractivity contribution in [2.45, 2.75) is 37.8 Å². The maximum atomic E-state index is 13.7. The summed E-state index contributed by atoms with van der Waals surface area (Å²) in [4.78, 5) is 30.5. The molecule has 206 valence electrons. The summed E-state index contributed by atoms with van der Waals surface area (Å²) in [6.07, 6.45) is -0.156. The van der Waals surface area contributed by atoms with Gasteiger partial charge < -0.3 is 4.90 Å². The number of halogens is 6. The third kappa shape index (κ3) is 4.61. The molecule has 2 aliphatic rings. The van der Waals surface area contributed by atoms with E-state index in [-0.39, 0.29) is 23.4 Å². The summed E-state index contributed by atoms with van der Waals surface area (Å²) in [7, 11) is 0. The van der Waals surface area contributed by atoms with Crippen LogP contribution in [0.3, 0.4) is 0 Å². The molecule has 0 fully saturated rings. The van der Waals surface area contributed by atoms with Crippen molar-refractivity contribution in [3.8, 4) is 5.82 Å². The van der Waals surface area contributed by atoms with Crippen LogP contribution in [0.2, 0.25) is 0 Å². The number of hydrogen-bond donors (Lipinski definition) is 0. The van der Waals surface area contributed by atoms with Crippen molar-refractivity contribution in [2.75, 3.05) is 4.90 Å². The monoisotopic (exact) mass is 576 g/mol. The molecule has 7 nitrogen and oxygen atoms in total. The van der Waals surface area contributed by atoms with Crippen molar-refractivity contribution < 1.29 is 31.1 Å². The molecule has 0 radical (unpaired) electrons. The zero-order valence-corrected chi connectivity index (χ0v) is 21.1. The van der Waals surface area contributed by atoms with Crippen LogP contribution in [0.5, 0.6) is 0 Å². The van der Waals surface area contributed by atoms with E-state index in [9.17, 15) is 31.1 Å². The fourth-order valence-electron chi connectivity index (χ4n) is 4.73. The summed E-state index contributed by atoms with van der Waals surface area (Å²) in [5, 5.41) is 0. The highest BCUT2D eigenvalue weighted by Gasteiger charge is 2.39. The maximum absolute atomic E-state index is 13.7. The Bertz CT molecular complexity index is 1570. The SMILES string of the molecule is O=C(c1cc2c(s1)CCC2)N1C=CN(c2ccc(C(F)(F)F)cn2)C1c1nccn1-c1ccc(C(F)(F)F)cn1. The van der Waals surface area contributed by atoms with Crippen molar-refractivity contribution in [1.82, 2.24) is 24.4 Å². The average molecular weight is 577 g/mol. The molecule has 1 amide bonds. The highest BCUT2D eigenvalue weighted by molar-refractivity contribution is 7.14. The number of imidazole rings is 1. The van der Waals surface area contributed by atoms with E-state index in [2.05, 4.69) is 15.0 Å². The minimum atomic E-state index is -4.59. The Morgan fingerprint density at radius 2 is 1.55 bits per heavy atom. The number of rotatable bonds is 4. The van der Waals surface area contributed by atoms with Gasteiger partial charge in [-0.25, -0.2) is 15.0 Å². The quantitative estimate of drug-likeness (QED) is 0.264. The largest absolute Gasteiger partial charge is 0.417 e. The second kappa shape index (κ2) is 9.47. The molecule has 14 heteroatoms. The number of pyridine rings is 2. The Hall–Kier alpha value is -4.20. The molecule has 5 heterocycles. The molecule has 1 aliphatic heterocycles. The van der Waals surface area contributed by atoms with Crippen LogP contribution < -0.4 is 4.90 Å². The first-order valence-corrected chi connectivity index (χ1v) is 12.8. The molecule has 0 N–H and O–H groups in total. The molecule has 40 heavy (non-hydrogen) atoms. The molecule has 0 saturated carbocycles. The number of alkyl halides is 6. The van der Waals surface area contributed by atoms with E-state index >= 15 is 0 Å². The molecule has 1 unspecified atom stereocenters. The predicted molar refractivity (Wildman–Crippen MR) is 132 cm³/mol. The fraction of sp³-hybridized carbons (Fsp3) is 0.231. The van der Waals surface area contributed by atoms with Gasteiger partial charge in [-0.05, 0) is 55.2 Å². The van der Waals surface area contributed by atoms with E-state index in [1.807, 2.05) is 6.07 Å². The van der Waals surface area contributed by atoms with Crippen LogP contribution in [0.1, 0.15) is 49.7 Å². The summed E-state index contributed by atoms with van der Waals surface area (Å²) in [6.45, 7) is 0. The van der Waals surface area contributed by atoms with Gasteiger partial charge in [0.1, 0.15) is 11.6 Å². The maximum Gasteiger partial charge on any atom is 0.417 e. The Labute approximate surface area is 227 Å². The number of nitrogens with zero attached hydrogens (tertiary/aromatic N) is 6. The van der Waals surface area contributed by atoms with E-state index in [1.165, 1.54) is 62.6 Å². The number of anilines is 1. The van der Waals surface area contributed by atoms with Gasteiger partial charge in [0.25, 0.3) is 5.91 Å². The Balaban J connectivity index is 1.40. The van der Waals surface area contributed by atoms with Crippen LogP contribution in [0.15, 0.2) is 67.5 Å². The zero-order valence-electron chi connectivity index (χ0n) is 20.3. The number of aryl methyl sites for hydroxylation is 2. The van der Waals surface area contributed by atoms with E-state index in [0.29, 0.717) is 17.3 Å². The van der Waals surface area contributed by atoms with Crippen LogP contribution in [0.4, 0.5) is 32.2 Å². The minimum Gasteiger partial charge on any atom is -0.303 e. The highest BCUT2D eigenvalue weighted by Crippen LogP contribution is 2.39. The fourth-order valence-corrected chi connectivity index (χ4v) is 5.93. The van der Waals surface area contributed by atoms with E-state index < -0.39 is 29.6 Å². The second-order valence-electron chi connectivity index (χ2n) is 9.17. The lowest BCUT2D eigenvalue weighted by molar-refractivity contribution is -0.138. The van der Waals surface area contributed by atoms with Crippen molar-refractivity contribution in [3.05, 3.63) is 99.8 Å². The van der Waals surface area contributed by atoms with Crippen molar-refractivity contribution in [2.24, 2.45) is 0 Å². The first-order chi connectivity index (χ1) is 19.0. The Morgan fingerprint density at radius 3 is 2.15 bits per heavy atom. The van der Waals surface area contributed by atoms with Gasteiger partial charge in [0.05, 0.1) is 16.0 Å². The normalized spacial score (nSPS) is 17.1. The van der Waals surface area contributed by atoms with Gasteiger partial charge in [0.15, 0.2) is 12.0 Å². The van der Waals surface area contributed by atoms with Gasteiger partial charge in [-0.3, -0.25) is 14.3 Å². The molecular weight excluding hydrogens is 558 g/mol. The molecule has 1 atom stereocenters. The number of fused-ring (bicyclic) bond motifs is 1. The summed E-state index contributed by atoms with van der Waals surface area (Å²) in [5.74, 6) is 0.0461. The van der Waals surface area contributed by atoms with E-state index in [4.69, 9.17) is 0 Å². The minimum absolute atomic E-state index is 0.105. The average Bonchev–Trinajstić information content (AvgIpc) is 3.70. The standard InChI is InChI=1S/C26H18F6N6OS/c27-25(28,29)16-4-6-20(34-13-16)36-9-8-33-22(36)23-37(21-7-5-17(14-35-21)26(30,31)32)10-11-38(23)24(39)19-12-15-2-1-3-18(15)40-19/h4-14,23H,1-3H2. The van der Waals surface area contributed by atoms with Crippen LogP contribution in [0.25, 0.3) is 5.82 Å². The number of amides is 1. The van der Waals surface area contributed by atoms with Gasteiger partial charge in [-0.15, -0.1) is 11.3 Å². The molecule has 0 aromatic carbocycles. The van der Waals surface area contributed by atoms with Crippen molar-refractivity contribution >= 4 is 23.1 Å². The first-order valence-electron chi connectivity index (χ1n) is 12.0. The molecule has 0 saturated heterocycles. The molecule has 0 spiro atoms. The van der Waals surface area contributed by atoms with Gasteiger partial charge in [-0.2, -0.15) is 26.3 Å². The van der Waals surface area contributed by atoms with Gasteiger partial charge >= 0.3 is 12.4 Å². The Kier molecular flexibility index (Phi) is 6.16. The third-order valence-corrected chi connectivity index (χ3v) is 7.89. The van der Waals surface area contributed by atoms with Gasteiger partial charge in [-0.1, -0.05) is 0 Å². The second-order valence-corrected chi connectivity index (χ2v) is 10.3. The van der Waals surface area contributed by atoms with E-state index in [1.54, 1.807) is 0 Å². The smallest absolute Gasteiger partial charge is 0.303 e. The number of hydrogen-bond acceptors (Lipinski definition) is 6. The lowest BCUT2D eigenvalue weighted by atomic mass is 10.2. The molecular formula is C26H18F6N6OS. The molecule has 6 rings (SSSR count). The summed E-state index contributed by atoms with van der Waals surface area (Å²) >= 11 is 1.39. The van der Waals surface area contributed by atoms with Gasteiger partial charge in [0.2, 0.25) is 0 Å². The Morgan fingerprint density at radius 1 is 0.875 bits per heavy atom. The van der Waals surface area contributed by atoms with Crippen LogP contribution in [-0.2, 0) is 25.2 Å². The topological polar surface area (TPSA) is 67.2 Å². The van der Waals surface area contributed by atoms with E-state index in [0.717, 1.165) is 41.8 Å². The summed E-state index contributed by atoms with van der Waals surface area (Å²) in [6, 6.07) is 5.96. The predicted octanol–water partition coefficient (Wildman–Crippen LogP) is 6.38. The molecule has 0 bridgehead atoms. The summed E-state index contributed by atoms with van der Waals surface area (Å²) in [5.41, 5.74) is -0.754. The zero-order chi connectivity index (χ0) is 28.2. The number of carbonyl (C=O) groups excluding carboxylic acids is 1. The molecule has 4 aromatic rings. The molecule has 4 aromatic heterocycles. The van der Waals surface area contributed by atoms with Crippen LogP contribution in [0, 0.1) is 0 Å². The highest BCUT2D eigenvalue weighted by atomic mass is 32.1. The van der Waals surface area contributed by atoms with Crippen molar-refractivity contribution in [1.29, 1.82) is 0 Å². The number of aromatic nitrogens is 4. The number of thiophene rings is 1. The van der Waals surface area contributed by atoms with Crippen LogP contribution in [-0.4, -0.2) is 30.3 Å². The first kappa shape index (κ1) is 26.0. The van der Waals surface area contributed by atoms with Crippen molar-refractivity contribution in [3.63, 3.8) is 0 Å². The van der Waals surface area contributed by atoms with Crippen LogP contribution >= 0.6 is 11.3 Å².